The minimum absolute atomic E-state index is 0. The molecule has 0 aromatic heterocycles. The van der Waals surface area contributed by atoms with Crippen LogP contribution in [-0.4, -0.2) is 56.6 Å². The number of halogens is 5. The van der Waals surface area contributed by atoms with E-state index in [0.717, 1.165) is 25.0 Å². The number of nitrogens with zero attached hydrogens (tertiary/aromatic N) is 2. The van der Waals surface area contributed by atoms with Gasteiger partial charge in [0.05, 0.1) is 6.54 Å². The Bertz CT molecular complexity index is 578. The molecule has 0 unspecified atom stereocenters. The molecule has 0 saturated carbocycles. The highest BCUT2D eigenvalue weighted by Gasteiger charge is 2.21. The van der Waals surface area contributed by atoms with E-state index in [0.29, 0.717) is 37.6 Å². The van der Waals surface area contributed by atoms with Gasteiger partial charge in [-0.05, 0) is 43.0 Å². The lowest BCUT2D eigenvalue weighted by Crippen LogP contribution is -2.49. The summed E-state index contributed by atoms with van der Waals surface area (Å²) >= 11 is 0. The highest BCUT2D eigenvalue weighted by atomic mass is 127. The first-order valence-corrected chi connectivity index (χ1v) is 8.39. The third kappa shape index (κ3) is 7.65. The van der Waals surface area contributed by atoms with Crippen molar-refractivity contribution in [2.24, 2.45) is 4.99 Å². The van der Waals surface area contributed by atoms with Gasteiger partial charge in [-0.15, -0.1) is 24.0 Å². The Labute approximate surface area is 168 Å². The molecule has 26 heavy (non-hydrogen) atoms. The Balaban J connectivity index is 0.00000338. The molecule has 0 amide bonds. The number of hydrogen-bond acceptors (Lipinski definition) is 2. The summed E-state index contributed by atoms with van der Waals surface area (Å²) in [5.74, 6) is -0.323. The van der Waals surface area contributed by atoms with Crippen LogP contribution in [0.4, 0.5) is 17.6 Å². The molecule has 0 spiro atoms. The van der Waals surface area contributed by atoms with Gasteiger partial charge in [0.25, 0.3) is 6.43 Å². The quantitative estimate of drug-likeness (QED) is 0.280. The molecule has 0 bridgehead atoms. The number of piperidine rings is 1. The second-order valence-electron chi connectivity index (χ2n) is 6.10. The Morgan fingerprint density at radius 2 is 1.96 bits per heavy atom. The fourth-order valence-electron chi connectivity index (χ4n) is 2.89. The monoisotopic (exact) mass is 488 g/mol. The fraction of sp³-hybridized carbons (Fsp3) is 0.588. The highest BCUT2D eigenvalue weighted by Crippen LogP contribution is 2.12. The Hall–Kier alpha value is -1.10. The first-order chi connectivity index (χ1) is 12.0. The molecule has 1 aliphatic rings. The number of likely N-dealkylation sites (tertiary alicyclic amines) is 1. The van der Waals surface area contributed by atoms with Crippen LogP contribution in [0.5, 0.6) is 0 Å². The molecule has 0 radical (unpaired) electrons. The highest BCUT2D eigenvalue weighted by molar-refractivity contribution is 14.0. The topological polar surface area (TPSA) is 39.7 Å². The van der Waals surface area contributed by atoms with Gasteiger partial charge in [-0.2, -0.15) is 0 Å². The zero-order valence-corrected chi connectivity index (χ0v) is 17.0. The van der Waals surface area contributed by atoms with Gasteiger partial charge in [0.1, 0.15) is 11.6 Å². The van der Waals surface area contributed by atoms with Crippen molar-refractivity contribution in [3.63, 3.8) is 0 Å². The number of benzene rings is 1. The van der Waals surface area contributed by atoms with Crippen molar-refractivity contribution in [1.82, 2.24) is 15.5 Å². The number of guanidine groups is 1. The molecule has 0 atom stereocenters. The van der Waals surface area contributed by atoms with E-state index in [4.69, 9.17) is 0 Å². The number of alkyl halides is 2. The maximum Gasteiger partial charge on any atom is 0.251 e. The van der Waals surface area contributed by atoms with E-state index in [9.17, 15) is 17.6 Å². The lowest BCUT2D eigenvalue weighted by molar-refractivity contribution is 0.0744. The summed E-state index contributed by atoms with van der Waals surface area (Å²) in [5.41, 5.74) is 0.309. The van der Waals surface area contributed by atoms with Gasteiger partial charge >= 0.3 is 0 Å². The van der Waals surface area contributed by atoms with Gasteiger partial charge in [-0.1, -0.05) is 0 Å². The molecule has 1 aliphatic heterocycles. The molecule has 1 aromatic rings. The zero-order chi connectivity index (χ0) is 18.2. The molecule has 1 aromatic carbocycles. The van der Waals surface area contributed by atoms with Crippen LogP contribution in [-0.2, 0) is 6.42 Å². The van der Waals surface area contributed by atoms with E-state index >= 15 is 0 Å². The van der Waals surface area contributed by atoms with E-state index in [2.05, 4.69) is 15.6 Å². The molecule has 4 nitrogen and oxygen atoms in total. The summed E-state index contributed by atoms with van der Waals surface area (Å²) in [6.45, 7) is 1.46. The van der Waals surface area contributed by atoms with Gasteiger partial charge < -0.3 is 10.6 Å². The van der Waals surface area contributed by atoms with Crippen LogP contribution >= 0.6 is 24.0 Å². The standard InChI is InChI=1S/C17H24F4N4.HI/c1-22-17(23-7-4-12-10-13(18)2-3-15(12)19)24-14-5-8-25(9-6-14)11-16(20)21;/h2-3,10,14,16H,4-9,11H2,1H3,(H2,22,23,24);1H. The van der Waals surface area contributed by atoms with Gasteiger partial charge in [-0.25, -0.2) is 17.6 Å². The van der Waals surface area contributed by atoms with Crippen molar-refractivity contribution < 1.29 is 17.6 Å². The summed E-state index contributed by atoms with van der Waals surface area (Å²) in [6, 6.07) is 3.55. The molecule has 1 saturated heterocycles. The number of nitrogens with one attached hydrogen (secondary N) is 2. The SMILES string of the molecule is CN=C(NCCc1cc(F)ccc1F)NC1CCN(CC(F)F)CC1.I. The average Bonchev–Trinajstić information content (AvgIpc) is 2.58. The first kappa shape index (κ1) is 22.9. The van der Waals surface area contributed by atoms with E-state index in [1.54, 1.807) is 11.9 Å². The summed E-state index contributed by atoms with van der Waals surface area (Å²) in [7, 11) is 1.63. The third-order valence-corrected chi connectivity index (χ3v) is 4.24. The number of rotatable bonds is 6. The van der Waals surface area contributed by atoms with Crippen molar-refractivity contribution >= 4 is 29.9 Å². The summed E-state index contributed by atoms with van der Waals surface area (Å²) in [6.07, 6.45) is -0.461. The second-order valence-corrected chi connectivity index (χ2v) is 6.10. The zero-order valence-electron chi connectivity index (χ0n) is 14.7. The van der Waals surface area contributed by atoms with Crippen LogP contribution < -0.4 is 10.6 Å². The molecule has 2 rings (SSSR count). The smallest absolute Gasteiger partial charge is 0.251 e. The number of hydrogen-bond donors (Lipinski definition) is 2. The lowest BCUT2D eigenvalue weighted by Gasteiger charge is -2.32. The fourth-order valence-corrected chi connectivity index (χ4v) is 2.89. The van der Waals surface area contributed by atoms with Gasteiger partial charge in [-0.3, -0.25) is 9.89 Å². The summed E-state index contributed by atoms with van der Waals surface area (Å²) < 4.78 is 51.5. The molecular weight excluding hydrogens is 463 g/mol. The minimum Gasteiger partial charge on any atom is -0.356 e. The predicted octanol–water partition coefficient (Wildman–Crippen LogP) is 3.02. The van der Waals surface area contributed by atoms with E-state index < -0.39 is 18.1 Å². The summed E-state index contributed by atoms with van der Waals surface area (Å²) in [5, 5.41) is 6.32. The van der Waals surface area contributed by atoms with Crippen LogP contribution in [0.25, 0.3) is 0 Å². The molecule has 9 heteroatoms. The van der Waals surface area contributed by atoms with Gasteiger partial charge in [0, 0.05) is 32.7 Å². The van der Waals surface area contributed by atoms with Crippen molar-refractivity contribution in [2.75, 3.05) is 33.2 Å². The molecule has 1 fully saturated rings. The maximum absolute atomic E-state index is 13.6. The molecule has 1 heterocycles. The van der Waals surface area contributed by atoms with Crippen molar-refractivity contribution in [1.29, 1.82) is 0 Å². The molecule has 148 valence electrons. The van der Waals surface area contributed by atoms with E-state index in [1.165, 1.54) is 6.07 Å². The summed E-state index contributed by atoms with van der Waals surface area (Å²) in [4.78, 5) is 5.87. The van der Waals surface area contributed by atoms with Crippen LogP contribution in [0.2, 0.25) is 0 Å². The van der Waals surface area contributed by atoms with Gasteiger partial charge in [0.15, 0.2) is 5.96 Å². The van der Waals surface area contributed by atoms with Crippen molar-refractivity contribution in [3.8, 4) is 0 Å². The van der Waals surface area contributed by atoms with Crippen LogP contribution in [0.15, 0.2) is 23.2 Å². The van der Waals surface area contributed by atoms with Crippen LogP contribution in [0.1, 0.15) is 18.4 Å². The Morgan fingerprint density at radius 3 is 2.58 bits per heavy atom. The number of aliphatic imine (C=N–C) groups is 1. The molecule has 2 N–H and O–H groups in total. The normalized spacial score (nSPS) is 16.5. The molecular formula is C17H25F4IN4. The Kier molecular flexibility index (Phi) is 10.2. The third-order valence-electron chi connectivity index (χ3n) is 4.24. The van der Waals surface area contributed by atoms with E-state index in [-0.39, 0.29) is 36.6 Å². The van der Waals surface area contributed by atoms with E-state index in [1.807, 2.05) is 0 Å². The second kappa shape index (κ2) is 11.6. The minimum atomic E-state index is -2.30. The first-order valence-electron chi connectivity index (χ1n) is 8.39. The average molecular weight is 488 g/mol. The predicted molar refractivity (Wildman–Crippen MR) is 105 cm³/mol. The van der Waals surface area contributed by atoms with Gasteiger partial charge in [0.2, 0.25) is 0 Å². The van der Waals surface area contributed by atoms with Crippen LogP contribution in [0, 0.1) is 11.6 Å². The molecule has 0 aliphatic carbocycles. The largest absolute Gasteiger partial charge is 0.356 e. The lowest BCUT2D eigenvalue weighted by atomic mass is 10.1. The Morgan fingerprint density at radius 1 is 1.27 bits per heavy atom. The van der Waals surface area contributed by atoms with Crippen molar-refractivity contribution in [3.05, 3.63) is 35.4 Å². The van der Waals surface area contributed by atoms with Crippen molar-refractivity contribution in [2.45, 2.75) is 31.7 Å². The maximum atomic E-state index is 13.6. The van der Waals surface area contributed by atoms with Crippen LogP contribution in [0.3, 0.4) is 0 Å².